The minimum Gasteiger partial charge on any atom is -0.307 e. The van der Waals surface area contributed by atoms with Crippen LogP contribution in [0.1, 0.15) is 6.42 Å². The molecule has 0 saturated carbocycles. The highest BCUT2D eigenvalue weighted by Crippen LogP contribution is 2.20. The number of hydrogen-bond acceptors (Lipinski definition) is 2. The topological polar surface area (TPSA) is 20.3 Å². The van der Waals surface area contributed by atoms with Crippen molar-refractivity contribution in [3.05, 3.63) is 17.5 Å². The van der Waals surface area contributed by atoms with Gasteiger partial charge in [-0.3, -0.25) is 4.79 Å². The number of hydrogen-bond donors (Lipinski definition) is 0. The van der Waals surface area contributed by atoms with E-state index >= 15 is 0 Å². The van der Waals surface area contributed by atoms with Gasteiger partial charge >= 0.3 is 0 Å². The third-order valence-electron chi connectivity index (χ3n) is 1.52. The molecule has 1 aromatic rings. The second-order valence-corrected chi connectivity index (χ2v) is 3.65. The van der Waals surface area contributed by atoms with Crippen molar-refractivity contribution in [3.8, 4) is 0 Å². The Bertz CT molecular complexity index is 248. The van der Waals surface area contributed by atoms with E-state index in [-0.39, 0.29) is 5.91 Å². The highest BCUT2D eigenvalue weighted by atomic mass is 35.5. The Labute approximate surface area is 80.8 Å². The molecule has 4 heteroatoms. The molecule has 1 rings (SSSR count). The molecule has 0 aliphatic rings. The van der Waals surface area contributed by atoms with Gasteiger partial charge in [-0.2, -0.15) is 0 Å². The van der Waals surface area contributed by atoms with Crippen LogP contribution in [0, 0.1) is 0 Å². The number of nitrogens with zero attached hydrogens (tertiary/aromatic N) is 1. The van der Waals surface area contributed by atoms with Gasteiger partial charge in [0.15, 0.2) is 0 Å². The van der Waals surface area contributed by atoms with Gasteiger partial charge in [-0.15, -0.1) is 22.9 Å². The first-order valence-corrected chi connectivity index (χ1v) is 5.03. The lowest BCUT2D eigenvalue weighted by Gasteiger charge is -2.13. The fraction of sp³-hybridized carbons (Fsp3) is 0.375. The SMILES string of the molecule is CN(C(=O)CCCl)c1cccs1. The summed E-state index contributed by atoms with van der Waals surface area (Å²) in [6, 6.07) is 3.83. The molecular formula is C8H10ClNOS. The monoisotopic (exact) mass is 203 g/mol. The summed E-state index contributed by atoms with van der Waals surface area (Å²) in [5.41, 5.74) is 0. The average molecular weight is 204 g/mol. The third-order valence-corrected chi connectivity index (χ3v) is 2.65. The van der Waals surface area contributed by atoms with E-state index in [1.807, 2.05) is 17.5 Å². The second kappa shape index (κ2) is 4.48. The summed E-state index contributed by atoms with van der Waals surface area (Å²) in [6.45, 7) is 0. The van der Waals surface area contributed by atoms with Crippen LogP contribution in [0.2, 0.25) is 0 Å². The highest BCUT2D eigenvalue weighted by Gasteiger charge is 2.09. The maximum Gasteiger partial charge on any atom is 0.228 e. The van der Waals surface area contributed by atoms with Crippen LogP contribution in [-0.4, -0.2) is 18.8 Å². The molecule has 0 fully saturated rings. The fourth-order valence-electron chi connectivity index (χ4n) is 0.832. The molecule has 12 heavy (non-hydrogen) atoms. The van der Waals surface area contributed by atoms with Crippen molar-refractivity contribution < 1.29 is 4.79 Å². The van der Waals surface area contributed by atoms with Crippen molar-refractivity contribution in [3.63, 3.8) is 0 Å². The number of halogens is 1. The van der Waals surface area contributed by atoms with Crippen LogP contribution < -0.4 is 4.90 Å². The van der Waals surface area contributed by atoms with Gasteiger partial charge < -0.3 is 4.90 Å². The first kappa shape index (κ1) is 9.55. The Morgan fingerprint density at radius 2 is 2.50 bits per heavy atom. The van der Waals surface area contributed by atoms with Gasteiger partial charge in [0.1, 0.15) is 0 Å². The summed E-state index contributed by atoms with van der Waals surface area (Å²) in [6.07, 6.45) is 0.399. The van der Waals surface area contributed by atoms with Crippen molar-refractivity contribution in [1.82, 2.24) is 0 Å². The maximum absolute atomic E-state index is 11.3. The molecule has 0 aliphatic heterocycles. The van der Waals surface area contributed by atoms with E-state index in [4.69, 9.17) is 11.6 Å². The number of alkyl halides is 1. The summed E-state index contributed by atoms with van der Waals surface area (Å²) in [4.78, 5) is 12.9. The van der Waals surface area contributed by atoms with Crippen molar-refractivity contribution >= 4 is 33.8 Å². The Balaban J connectivity index is 2.59. The molecule has 0 aromatic carbocycles. The van der Waals surface area contributed by atoms with Crippen molar-refractivity contribution in [2.45, 2.75) is 6.42 Å². The van der Waals surface area contributed by atoms with Gasteiger partial charge in [-0.25, -0.2) is 0 Å². The largest absolute Gasteiger partial charge is 0.307 e. The van der Waals surface area contributed by atoms with E-state index in [0.29, 0.717) is 12.3 Å². The molecule has 0 atom stereocenters. The first-order chi connectivity index (χ1) is 5.75. The van der Waals surface area contributed by atoms with E-state index in [2.05, 4.69) is 0 Å². The standard InChI is InChI=1S/C8H10ClNOS/c1-10(7(11)4-5-9)8-3-2-6-12-8/h2-3,6H,4-5H2,1H3. The van der Waals surface area contributed by atoms with Crippen LogP contribution in [-0.2, 0) is 4.79 Å². The number of amides is 1. The Morgan fingerprint density at radius 1 is 1.75 bits per heavy atom. The molecule has 0 N–H and O–H groups in total. The Morgan fingerprint density at radius 3 is 3.00 bits per heavy atom. The quantitative estimate of drug-likeness (QED) is 0.691. The maximum atomic E-state index is 11.3. The number of rotatable bonds is 3. The smallest absolute Gasteiger partial charge is 0.228 e. The molecule has 1 heterocycles. The predicted octanol–water partition coefficient (Wildman–Crippen LogP) is 2.34. The van der Waals surface area contributed by atoms with E-state index < -0.39 is 0 Å². The summed E-state index contributed by atoms with van der Waals surface area (Å²) in [7, 11) is 1.76. The van der Waals surface area contributed by atoms with E-state index in [9.17, 15) is 4.79 Å². The molecule has 0 bridgehead atoms. The zero-order valence-electron chi connectivity index (χ0n) is 6.79. The molecular weight excluding hydrogens is 194 g/mol. The summed E-state index contributed by atoms with van der Waals surface area (Å²) in [5, 5.41) is 2.91. The van der Waals surface area contributed by atoms with Gasteiger partial charge in [0.2, 0.25) is 5.91 Å². The van der Waals surface area contributed by atoms with Gasteiger partial charge in [0.25, 0.3) is 0 Å². The molecule has 66 valence electrons. The van der Waals surface area contributed by atoms with Crippen LogP contribution in [0.4, 0.5) is 5.00 Å². The zero-order chi connectivity index (χ0) is 8.97. The van der Waals surface area contributed by atoms with Crippen LogP contribution in [0.15, 0.2) is 17.5 Å². The molecule has 0 aliphatic carbocycles. The molecule has 0 saturated heterocycles. The molecule has 1 amide bonds. The molecule has 1 aromatic heterocycles. The Kier molecular flexibility index (Phi) is 3.56. The lowest BCUT2D eigenvalue weighted by atomic mass is 10.4. The second-order valence-electron chi connectivity index (χ2n) is 2.34. The van der Waals surface area contributed by atoms with Crippen molar-refractivity contribution in [1.29, 1.82) is 0 Å². The van der Waals surface area contributed by atoms with E-state index in [1.165, 1.54) is 0 Å². The number of thiophene rings is 1. The van der Waals surface area contributed by atoms with Gasteiger partial charge in [-0.05, 0) is 17.5 Å². The minimum absolute atomic E-state index is 0.0625. The van der Waals surface area contributed by atoms with Crippen molar-refractivity contribution in [2.75, 3.05) is 17.8 Å². The molecule has 0 radical (unpaired) electrons. The van der Waals surface area contributed by atoms with Gasteiger partial charge in [0.05, 0.1) is 5.00 Å². The molecule has 2 nitrogen and oxygen atoms in total. The van der Waals surface area contributed by atoms with Gasteiger partial charge in [0, 0.05) is 19.3 Å². The Hall–Kier alpha value is -0.540. The summed E-state index contributed by atoms with van der Waals surface area (Å²) in [5.74, 6) is 0.446. The summed E-state index contributed by atoms with van der Waals surface area (Å²) >= 11 is 7.00. The van der Waals surface area contributed by atoms with E-state index in [0.717, 1.165) is 5.00 Å². The zero-order valence-corrected chi connectivity index (χ0v) is 8.36. The lowest BCUT2D eigenvalue weighted by molar-refractivity contribution is -0.117. The highest BCUT2D eigenvalue weighted by molar-refractivity contribution is 7.14. The number of carbonyl (C=O) groups excluding carboxylic acids is 1. The summed E-state index contributed by atoms with van der Waals surface area (Å²) < 4.78 is 0. The van der Waals surface area contributed by atoms with Gasteiger partial charge in [-0.1, -0.05) is 0 Å². The minimum atomic E-state index is 0.0625. The van der Waals surface area contributed by atoms with Crippen molar-refractivity contribution in [2.24, 2.45) is 0 Å². The van der Waals surface area contributed by atoms with Crippen LogP contribution in [0.5, 0.6) is 0 Å². The first-order valence-electron chi connectivity index (χ1n) is 3.61. The third kappa shape index (κ3) is 2.22. The molecule has 0 unspecified atom stereocenters. The van der Waals surface area contributed by atoms with Crippen LogP contribution >= 0.6 is 22.9 Å². The van der Waals surface area contributed by atoms with E-state index in [1.54, 1.807) is 23.3 Å². The average Bonchev–Trinajstić information content (AvgIpc) is 2.55. The normalized spacial score (nSPS) is 9.83. The van der Waals surface area contributed by atoms with Crippen LogP contribution in [0.25, 0.3) is 0 Å². The predicted molar refractivity (Wildman–Crippen MR) is 53.1 cm³/mol. The fourth-order valence-corrected chi connectivity index (χ4v) is 1.71. The number of carbonyl (C=O) groups is 1. The van der Waals surface area contributed by atoms with Crippen LogP contribution in [0.3, 0.4) is 0 Å². The lowest BCUT2D eigenvalue weighted by Crippen LogP contribution is -2.25. The molecule has 0 spiro atoms. The number of anilines is 1.